The minimum Gasteiger partial charge on any atom is -0.478 e. The predicted octanol–water partition coefficient (Wildman–Crippen LogP) is 3.87. The second-order valence-electron chi connectivity index (χ2n) is 9.60. The van der Waals surface area contributed by atoms with Crippen LogP contribution >= 0.6 is 0 Å². The number of piperazine rings is 1. The van der Waals surface area contributed by atoms with Gasteiger partial charge in [-0.2, -0.15) is 5.10 Å². The molecule has 0 saturated carbocycles. The molecular formula is C25H31N5O4. The van der Waals surface area contributed by atoms with E-state index in [1.54, 1.807) is 21.8 Å². The minimum atomic E-state index is -0.980. The van der Waals surface area contributed by atoms with Gasteiger partial charge in [-0.15, -0.1) is 0 Å². The number of carboxylic acids is 1. The Morgan fingerprint density at radius 2 is 1.76 bits per heavy atom. The molecule has 0 radical (unpaired) electrons. The number of carboxylic acid groups (broad SMARTS) is 1. The van der Waals surface area contributed by atoms with E-state index in [4.69, 9.17) is 4.74 Å². The van der Waals surface area contributed by atoms with E-state index in [0.29, 0.717) is 31.7 Å². The van der Waals surface area contributed by atoms with Crippen molar-refractivity contribution >= 4 is 23.3 Å². The van der Waals surface area contributed by atoms with Gasteiger partial charge in [-0.05, 0) is 51.5 Å². The summed E-state index contributed by atoms with van der Waals surface area (Å²) in [6.07, 6.45) is 3.40. The van der Waals surface area contributed by atoms with Crippen molar-refractivity contribution in [3.05, 3.63) is 54.0 Å². The van der Waals surface area contributed by atoms with Crippen molar-refractivity contribution in [2.24, 2.45) is 7.05 Å². The van der Waals surface area contributed by atoms with E-state index in [1.165, 1.54) is 0 Å². The zero-order chi connectivity index (χ0) is 24.8. The van der Waals surface area contributed by atoms with E-state index in [1.807, 2.05) is 57.5 Å². The average Bonchev–Trinajstić information content (AvgIpc) is 3.37. The molecule has 9 heteroatoms. The van der Waals surface area contributed by atoms with Gasteiger partial charge in [0.1, 0.15) is 5.60 Å². The molecule has 1 aliphatic heterocycles. The summed E-state index contributed by atoms with van der Waals surface area (Å²) in [6.45, 7) is 13.9. The number of aromatic nitrogens is 3. The monoisotopic (exact) mass is 465 g/mol. The Balaban J connectivity index is 1.66. The van der Waals surface area contributed by atoms with Gasteiger partial charge in [0.15, 0.2) is 0 Å². The highest BCUT2D eigenvalue weighted by Gasteiger charge is 2.28. The van der Waals surface area contributed by atoms with E-state index in [2.05, 4.69) is 16.6 Å². The molecule has 180 valence electrons. The lowest BCUT2D eigenvalue weighted by Crippen LogP contribution is -2.49. The molecule has 1 fully saturated rings. The standard InChI is InChI=1S/C25H31N5O4/c1-16-20(23(31)32)14-19-13-18(21-7-8-26-27(21)6)15-30(19)22(16)17(2)28-9-11-29(12-10-28)24(33)34-25(3,4)5/h7-8,13-15H,2,9-12H2,1,3-6H3,(H,31,32). The van der Waals surface area contributed by atoms with Crippen molar-refractivity contribution < 1.29 is 19.4 Å². The van der Waals surface area contributed by atoms with E-state index in [0.717, 1.165) is 28.2 Å². The Hall–Kier alpha value is -3.75. The molecule has 4 rings (SSSR count). The molecule has 0 unspecified atom stereocenters. The summed E-state index contributed by atoms with van der Waals surface area (Å²) in [5.41, 5.74) is 4.44. The summed E-state index contributed by atoms with van der Waals surface area (Å²) in [4.78, 5) is 28.2. The quantitative estimate of drug-likeness (QED) is 0.629. The first kappa shape index (κ1) is 23.4. The number of hydrogen-bond acceptors (Lipinski definition) is 5. The fraction of sp³-hybridized carbons (Fsp3) is 0.400. The lowest BCUT2D eigenvalue weighted by Gasteiger charge is -2.38. The van der Waals surface area contributed by atoms with Crippen LogP contribution in [-0.2, 0) is 11.8 Å². The van der Waals surface area contributed by atoms with Gasteiger partial charge in [-0.1, -0.05) is 6.58 Å². The SMILES string of the molecule is C=C(c1c(C)c(C(=O)O)cc2cc(-c3ccnn3C)cn12)N1CCN(C(=O)OC(C)(C)C)CC1. The van der Waals surface area contributed by atoms with Crippen molar-refractivity contribution in [1.82, 2.24) is 24.0 Å². The van der Waals surface area contributed by atoms with E-state index < -0.39 is 11.6 Å². The molecule has 1 saturated heterocycles. The third-order valence-electron chi connectivity index (χ3n) is 6.08. The van der Waals surface area contributed by atoms with Crippen LogP contribution in [0.1, 0.15) is 42.4 Å². The third-order valence-corrected chi connectivity index (χ3v) is 6.08. The molecule has 0 aliphatic carbocycles. The van der Waals surface area contributed by atoms with Crippen LogP contribution in [-0.4, -0.2) is 72.9 Å². The molecule has 0 aromatic carbocycles. The van der Waals surface area contributed by atoms with Crippen molar-refractivity contribution in [2.75, 3.05) is 26.2 Å². The molecule has 34 heavy (non-hydrogen) atoms. The zero-order valence-electron chi connectivity index (χ0n) is 20.3. The minimum absolute atomic E-state index is 0.241. The fourth-order valence-corrected chi connectivity index (χ4v) is 4.36. The number of carbonyl (C=O) groups is 2. The molecule has 3 aromatic heterocycles. The Kier molecular flexibility index (Phi) is 5.89. The molecular weight excluding hydrogens is 434 g/mol. The number of carbonyl (C=O) groups excluding carboxylic acids is 1. The maximum absolute atomic E-state index is 12.4. The van der Waals surface area contributed by atoms with Crippen molar-refractivity contribution in [3.8, 4) is 11.3 Å². The van der Waals surface area contributed by atoms with E-state index in [9.17, 15) is 14.7 Å². The number of pyridine rings is 1. The lowest BCUT2D eigenvalue weighted by molar-refractivity contribution is 0.0182. The van der Waals surface area contributed by atoms with E-state index in [-0.39, 0.29) is 11.7 Å². The van der Waals surface area contributed by atoms with E-state index >= 15 is 0 Å². The van der Waals surface area contributed by atoms with Gasteiger partial charge >= 0.3 is 12.1 Å². The number of aromatic carboxylic acids is 1. The molecule has 0 spiro atoms. The van der Waals surface area contributed by atoms with Crippen LogP contribution in [0.5, 0.6) is 0 Å². The summed E-state index contributed by atoms with van der Waals surface area (Å²) >= 11 is 0. The summed E-state index contributed by atoms with van der Waals surface area (Å²) in [5, 5.41) is 14.1. The molecule has 0 bridgehead atoms. The Morgan fingerprint density at radius 3 is 2.32 bits per heavy atom. The van der Waals surface area contributed by atoms with Gasteiger partial charge in [-0.25, -0.2) is 9.59 Å². The summed E-state index contributed by atoms with van der Waals surface area (Å²) in [5.74, 6) is -0.980. The third kappa shape index (κ3) is 4.37. The smallest absolute Gasteiger partial charge is 0.410 e. The zero-order valence-corrected chi connectivity index (χ0v) is 20.3. The van der Waals surface area contributed by atoms with Crippen molar-refractivity contribution in [1.29, 1.82) is 0 Å². The maximum atomic E-state index is 12.4. The number of ether oxygens (including phenoxy) is 1. The van der Waals surface area contributed by atoms with Gasteiger partial charge in [0.05, 0.1) is 22.6 Å². The Bertz CT molecular complexity index is 1270. The topological polar surface area (TPSA) is 92.3 Å². The first-order chi connectivity index (χ1) is 16.0. The van der Waals surface area contributed by atoms with Crippen molar-refractivity contribution in [3.63, 3.8) is 0 Å². The predicted molar refractivity (Wildman–Crippen MR) is 130 cm³/mol. The molecule has 9 nitrogen and oxygen atoms in total. The Labute approximate surface area is 198 Å². The molecule has 1 N–H and O–H groups in total. The highest BCUT2D eigenvalue weighted by atomic mass is 16.6. The largest absolute Gasteiger partial charge is 0.478 e. The highest BCUT2D eigenvalue weighted by molar-refractivity contribution is 5.93. The van der Waals surface area contributed by atoms with Crippen LogP contribution in [0.2, 0.25) is 0 Å². The second-order valence-corrected chi connectivity index (χ2v) is 9.60. The molecule has 3 aromatic rings. The molecule has 0 atom stereocenters. The van der Waals surface area contributed by atoms with Crippen molar-refractivity contribution in [2.45, 2.75) is 33.3 Å². The average molecular weight is 466 g/mol. The van der Waals surface area contributed by atoms with Crippen LogP contribution < -0.4 is 0 Å². The van der Waals surface area contributed by atoms with Crippen LogP contribution in [0.4, 0.5) is 4.79 Å². The molecule has 1 amide bonds. The second kappa shape index (κ2) is 8.55. The van der Waals surface area contributed by atoms with Crippen LogP contribution in [0.3, 0.4) is 0 Å². The van der Waals surface area contributed by atoms with Gasteiger partial charge in [0.25, 0.3) is 0 Å². The maximum Gasteiger partial charge on any atom is 0.410 e. The normalized spacial score (nSPS) is 14.5. The number of rotatable bonds is 4. The first-order valence-corrected chi connectivity index (χ1v) is 11.3. The van der Waals surface area contributed by atoms with Gasteiger partial charge in [0, 0.05) is 56.7 Å². The number of nitrogens with zero attached hydrogens (tertiary/aromatic N) is 5. The van der Waals surface area contributed by atoms with Gasteiger partial charge < -0.3 is 24.0 Å². The van der Waals surface area contributed by atoms with Gasteiger partial charge in [-0.3, -0.25) is 4.68 Å². The number of aryl methyl sites for hydroxylation is 1. The number of fused-ring (bicyclic) bond motifs is 1. The van der Waals surface area contributed by atoms with Crippen LogP contribution in [0, 0.1) is 6.92 Å². The van der Waals surface area contributed by atoms with Crippen LogP contribution in [0.15, 0.2) is 37.2 Å². The summed E-state index contributed by atoms with van der Waals surface area (Å²) < 4.78 is 9.27. The molecule has 4 heterocycles. The van der Waals surface area contributed by atoms with Crippen LogP contribution in [0.25, 0.3) is 22.5 Å². The lowest BCUT2D eigenvalue weighted by atomic mass is 10.0. The first-order valence-electron chi connectivity index (χ1n) is 11.3. The molecule has 1 aliphatic rings. The fourth-order valence-electron chi connectivity index (χ4n) is 4.36. The highest BCUT2D eigenvalue weighted by Crippen LogP contribution is 2.31. The summed E-state index contributed by atoms with van der Waals surface area (Å²) in [7, 11) is 1.87. The van der Waals surface area contributed by atoms with Gasteiger partial charge in [0.2, 0.25) is 0 Å². The summed E-state index contributed by atoms with van der Waals surface area (Å²) in [6, 6.07) is 5.57. The number of amides is 1. The Morgan fingerprint density at radius 1 is 1.12 bits per heavy atom. The number of hydrogen-bond donors (Lipinski definition) is 1.